The van der Waals surface area contributed by atoms with Gasteiger partial charge in [0.2, 0.25) is 16.0 Å². The number of halogens is 3. The molecule has 0 saturated heterocycles. The van der Waals surface area contributed by atoms with Crippen LogP contribution in [0.2, 0.25) is 5.02 Å². The van der Waals surface area contributed by atoms with Crippen molar-refractivity contribution in [2.24, 2.45) is 11.7 Å². The third kappa shape index (κ3) is 6.92. The summed E-state index contributed by atoms with van der Waals surface area (Å²) in [6, 6.07) is -1.06. The number of benzene rings is 1. The Kier molecular flexibility index (Phi) is 9.10. The predicted octanol–water partition coefficient (Wildman–Crippen LogP) is 4.48. The number of methoxy groups -OCH3 is 1. The molecule has 3 N–H and O–H groups in total. The van der Waals surface area contributed by atoms with Crippen LogP contribution >= 0.6 is 11.6 Å². The molecule has 0 radical (unpaired) electrons. The lowest BCUT2D eigenvalue weighted by molar-refractivity contribution is 0.000890. The quantitative estimate of drug-likeness (QED) is 0.322. The maximum absolute atomic E-state index is 14.3. The summed E-state index contributed by atoms with van der Waals surface area (Å²) in [6.45, 7) is 1.71. The summed E-state index contributed by atoms with van der Waals surface area (Å²) in [5.41, 5.74) is 5.27. The first-order chi connectivity index (χ1) is 17.3. The zero-order valence-electron chi connectivity index (χ0n) is 21.2. The second-order valence-electron chi connectivity index (χ2n) is 9.21. The molecule has 0 unspecified atom stereocenters. The van der Waals surface area contributed by atoms with Crippen LogP contribution in [0, 0.1) is 5.92 Å². The Morgan fingerprint density at radius 1 is 1.32 bits per heavy atom. The van der Waals surface area contributed by atoms with Gasteiger partial charge in [0.25, 0.3) is 0 Å². The highest BCUT2D eigenvalue weighted by Gasteiger charge is 2.36. The second kappa shape index (κ2) is 11.5. The van der Waals surface area contributed by atoms with Crippen molar-refractivity contribution in [3.05, 3.63) is 40.2 Å². The topological polar surface area (TPSA) is 128 Å². The Morgan fingerprint density at radius 2 is 2.00 bits per heavy atom. The number of sulfonamides is 1. The standard InChI is InChI=1S/C24H32ClF2N5O4S/c1-5-21(33)15-11-22(36-3)19(12-17(15)25)31-23-29-13-16(24(26,27)28)18(30-23)10-14-8-6-7-9-20(14)32(2)37(4,34)35/h11-14,20H,5-10,28H2,1-4H3,(H,29,30,31)/t14-,20+/m0/s1. The number of ketones is 1. The van der Waals surface area contributed by atoms with Crippen LogP contribution in [0.5, 0.6) is 5.75 Å². The molecule has 2 aromatic rings. The summed E-state index contributed by atoms with van der Waals surface area (Å²) >= 11 is 6.30. The van der Waals surface area contributed by atoms with Crippen LogP contribution < -0.4 is 15.8 Å². The smallest absolute Gasteiger partial charge is 0.330 e. The van der Waals surface area contributed by atoms with E-state index in [9.17, 15) is 22.0 Å². The maximum Gasteiger partial charge on any atom is 0.330 e. The summed E-state index contributed by atoms with van der Waals surface area (Å²) in [6.07, 6.45) is 5.41. The van der Waals surface area contributed by atoms with Gasteiger partial charge in [-0.3, -0.25) is 10.5 Å². The van der Waals surface area contributed by atoms with E-state index in [0.29, 0.717) is 29.8 Å². The van der Waals surface area contributed by atoms with Crippen molar-refractivity contribution in [1.29, 1.82) is 0 Å². The number of rotatable bonds is 10. The number of carbonyl (C=O) groups is 1. The van der Waals surface area contributed by atoms with E-state index in [1.165, 1.54) is 30.6 Å². The van der Waals surface area contributed by atoms with Crippen LogP contribution in [-0.4, -0.2) is 54.9 Å². The molecule has 1 aromatic heterocycles. The number of hydrogen-bond donors (Lipinski definition) is 2. The van der Waals surface area contributed by atoms with Gasteiger partial charge in [0, 0.05) is 31.3 Å². The molecule has 1 aliphatic rings. The first-order valence-corrected chi connectivity index (χ1v) is 14.1. The van der Waals surface area contributed by atoms with Gasteiger partial charge in [-0.1, -0.05) is 31.4 Å². The Hall–Kier alpha value is -2.41. The number of ether oxygens (including phenoxy) is 1. The van der Waals surface area contributed by atoms with E-state index in [1.807, 2.05) is 0 Å². The normalized spacial score (nSPS) is 18.6. The molecule has 1 aliphatic carbocycles. The van der Waals surface area contributed by atoms with Crippen LogP contribution in [-0.2, 0) is 22.5 Å². The molecule has 204 valence electrons. The predicted molar refractivity (Wildman–Crippen MR) is 138 cm³/mol. The number of Topliss-reactive ketones (excluding diaryl/α,β-unsaturated/α-hetero) is 1. The number of alkyl halides is 2. The lowest BCUT2D eigenvalue weighted by Crippen LogP contribution is -2.44. The van der Waals surface area contributed by atoms with Gasteiger partial charge in [0.1, 0.15) is 5.75 Å². The summed E-state index contributed by atoms with van der Waals surface area (Å²) in [5, 5.41) is 3.12. The van der Waals surface area contributed by atoms with Gasteiger partial charge < -0.3 is 10.1 Å². The fraction of sp³-hybridized carbons (Fsp3) is 0.542. The molecule has 0 spiro atoms. The van der Waals surface area contributed by atoms with Crippen molar-refractivity contribution in [1.82, 2.24) is 14.3 Å². The minimum absolute atomic E-state index is 0.00392. The van der Waals surface area contributed by atoms with Gasteiger partial charge >= 0.3 is 6.05 Å². The largest absolute Gasteiger partial charge is 0.495 e. The Morgan fingerprint density at radius 3 is 2.59 bits per heavy atom. The molecular weight excluding hydrogens is 528 g/mol. The zero-order chi connectivity index (χ0) is 27.5. The molecule has 1 saturated carbocycles. The van der Waals surface area contributed by atoms with Crippen molar-refractivity contribution >= 4 is 39.0 Å². The highest BCUT2D eigenvalue weighted by molar-refractivity contribution is 7.88. The van der Waals surface area contributed by atoms with E-state index in [4.69, 9.17) is 22.1 Å². The van der Waals surface area contributed by atoms with E-state index in [2.05, 4.69) is 15.3 Å². The molecule has 1 heterocycles. The van der Waals surface area contributed by atoms with Crippen molar-refractivity contribution in [3.63, 3.8) is 0 Å². The van der Waals surface area contributed by atoms with Crippen LogP contribution in [0.25, 0.3) is 0 Å². The third-order valence-corrected chi connectivity index (χ3v) is 8.33. The molecule has 37 heavy (non-hydrogen) atoms. The lowest BCUT2D eigenvalue weighted by Gasteiger charge is -2.37. The van der Waals surface area contributed by atoms with Crippen LogP contribution in [0.4, 0.5) is 20.4 Å². The van der Waals surface area contributed by atoms with Gasteiger partial charge in [-0.2, -0.15) is 8.78 Å². The highest BCUT2D eigenvalue weighted by atomic mass is 35.5. The number of carbonyl (C=O) groups excluding carboxylic acids is 1. The van der Waals surface area contributed by atoms with Crippen molar-refractivity contribution < 1.29 is 26.7 Å². The number of anilines is 2. The fourth-order valence-corrected chi connectivity index (χ4v) is 5.69. The van der Waals surface area contributed by atoms with E-state index in [1.54, 1.807) is 6.92 Å². The maximum atomic E-state index is 14.3. The van der Waals surface area contributed by atoms with Crippen molar-refractivity contribution in [3.8, 4) is 5.75 Å². The van der Waals surface area contributed by atoms with Crippen LogP contribution in [0.1, 0.15) is 60.6 Å². The minimum Gasteiger partial charge on any atom is -0.495 e. The minimum atomic E-state index is -3.69. The molecule has 0 bridgehead atoms. The highest BCUT2D eigenvalue weighted by Crippen LogP contribution is 2.36. The van der Waals surface area contributed by atoms with Gasteiger partial charge in [-0.15, -0.1) is 0 Å². The van der Waals surface area contributed by atoms with E-state index < -0.39 is 21.6 Å². The number of nitrogens with two attached hydrogens (primary N) is 1. The van der Waals surface area contributed by atoms with E-state index in [-0.39, 0.29) is 47.2 Å². The van der Waals surface area contributed by atoms with Crippen LogP contribution in [0.3, 0.4) is 0 Å². The molecule has 1 fully saturated rings. The SMILES string of the molecule is CCC(=O)c1cc(OC)c(Nc2ncc(C(N)(F)F)c(C[C@@H]3CCCC[C@H]3N(C)S(C)(=O)=O)n2)cc1Cl. The first-order valence-electron chi connectivity index (χ1n) is 11.9. The molecule has 2 atom stereocenters. The van der Waals surface area contributed by atoms with Crippen molar-refractivity contribution in [2.75, 3.05) is 25.7 Å². The lowest BCUT2D eigenvalue weighted by atomic mass is 9.81. The van der Waals surface area contributed by atoms with Gasteiger partial charge in [0.15, 0.2) is 5.78 Å². The fourth-order valence-electron chi connectivity index (χ4n) is 4.66. The van der Waals surface area contributed by atoms with Gasteiger partial charge in [-0.25, -0.2) is 22.7 Å². The molecular formula is C24H32ClF2N5O4S. The van der Waals surface area contributed by atoms with E-state index in [0.717, 1.165) is 25.3 Å². The summed E-state index contributed by atoms with van der Waals surface area (Å²) in [4.78, 5) is 20.5. The second-order valence-corrected chi connectivity index (χ2v) is 11.7. The average molecular weight is 560 g/mol. The molecule has 9 nitrogen and oxygen atoms in total. The van der Waals surface area contributed by atoms with E-state index >= 15 is 0 Å². The molecule has 0 aliphatic heterocycles. The summed E-state index contributed by atoms with van der Waals surface area (Å²) in [7, 11) is -0.550. The summed E-state index contributed by atoms with van der Waals surface area (Å²) < 4.78 is 59.7. The Labute approximate surface area is 220 Å². The molecule has 1 aromatic carbocycles. The van der Waals surface area contributed by atoms with Gasteiger partial charge in [0.05, 0.1) is 35.3 Å². The average Bonchev–Trinajstić information content (AvgIpc) is 2.82. The molecule has 0 amide bonds. The first kappa shape index (κ1) is 29.2. The Bertz CT molecular complexity index is 1260. The number of hydrogen-bond acceptors (Lipinski definition) is 8. The molecule has 13 heteroatoms. The number of nitrogens with zero attached hydrogens (tertiary/aromatic N) is 3. The monoisotopic (exact) mass is 559 g/mol. The molecule has 3 rings (SSSR count). The van der Waals surface area contributed by atoms with Crippen molar-refractivity contribution in [2.45, 2.75) is 57.5 Å². The van der Waals surface area contributed by atoms with Crippen LogP contribution in [0.15, 0.2) is 18.3 Å². The number of nitrogens with one attached hydrogen (secondary N) is 1. The Balaban J connectivity index is 1.99. The van der Waals surface area contributed by atoms with Gasteiger partial charge in [-0.05, 0) is 37.3 Å². The summed E-state index contributed by atoms with van der Waals surface area (Å²) in [5.74, 6) is -0.109. The zero-order valence-corrected chi connectivity index (χ0v) is 22.8. The third-order valence-electron chi connectivity index (χ3n) is 6.70. The number of aromatic nitrogens is 2.